The minimum Gasteiger partial charge on any atom is -0.396 e. The zero-order valence-corrected chi connectivity index (χ0v) is 12.9. The van der Waals surface area contributed by atoms with E-state index in [1.807, 2.05) is 24.3 Å². The van der Waals surface area contributed by atoms with E-state index in [2.05, 4.69) is 4.72 Å². The van der Waals surface area contributed by atoms with Gasteiger partial charge in [-0.1, -0.05) is 35.9 Å². The predicted molar refractivity (Wildman–Crippen MR) is 82.7 cm³/mol. The Bertz CT molecular complexity index is 682. The highest BCUT2D eigenvalue weighted by Crippen LogP contribution is 2.14. The Balaban J connectivity index is 2.02. The first-order valence-electron chi connectivity index (χ1n) is 6.45. The number of aliphatic hydroxyl groups is 1. The first kappa shape index (κ1) is 16.0. The Hall–Kier alpha value is -1.40. The Morgan fingerprint density at radius 1 is 0.952 bits per heavy atom. The maximum atomic E-state index is 12.1. The number of rotatable bonds is 6. The molecular weight excluding hydrogens is 310 g/mol. The quantitative estimate of drug-likeness (QED) is 0.856. The maximum Gasteiger partial charge on any atom is 0.240 e. The topological polar surface area (TPSA) is 66.4 Å². The van der Waals surface area contributed by atoms with Gasteiger partial charge in [0.1, 0.15) is 0 Å². The van der Waals surface area contributed by atoms with E-state index < -0.39 is 10.0 Å². The number of nitrogens with one attached hydrogen (secondary N) is 1. The van der Waals surface area contributed by atoms with Crippen LogP contribution >= 0.6 is 11.6 Å². The van der Waals surface area contributed by atoms with Gasteiger partial charge >= 0.3 is 0 Å². The molecule has 0 aliphatic carbocycles. The molecule has 0 heterocycles. The Morgan fingerprint density at radius 3 is 2.10 bits per heavy atom. The van der Waals surface area contributed by atoms with Crippen molar-refractivity contribution in [1.82, 2.24) is 4.72 Å². The number of aliphatic hydroxyl groups excluding tert-OH is 1. The second-order valence-corrected chi connectivity index (χ2v) is 6.77. The summed E-state index contributed by atoms with van der Waals surface area (Å²) in [5.41, 5.74) is 1.87. The molecule has 2 aromatic rings. The van der Waals surface area contributed by atoms with Crippen LogP contribution in [0.5, 0.6) is 0 Å². The fraction of sp³-hybridized carbons (Fsp3) is 0.200. The number of hydrogen-bond donors (Lipinski definition) is 2. The van der Waals surface area contributed by atoms with Crippen LogP contribution in [0.1, 0.15) is 11.1 Å². The molecule has 0 saturated heterocycles. The molecule has 21 heavy (non-hydrogen) atoms. The summed E-state index contributed by atoms with van der Waals surface area (Å²) in [6.45, 7) is 0.312. The van der Waals surface area contributed by atoms with Crippen molar-refractivity contribution >= 4 is 21.6 Å². The molecule has 0 fully saturated rings. The maximum absolute atomic E-state index is 12.1. The van der Waals surface area contributed by atoms with Gasteiger partial charge in [0, 0.05) is 18.2 Å². The number of halogens is 1. The largest absolute Gasteiger partial charge is 0.396 e. The lowest BCUT2D eigenvalue weighted by Crippen LogP contribution is -2.23. The summed E-state index contributed by atoms with van der Waals surface area (Å²) >= 11 is 5.74. The van der Waals surface area contributed by atoms with Crippen LogP contribution in [0.4, 0.5) is 0 Å². The minimum atomic E-state index is -3.54. The van der Waals surface area contributed by atoms with Gasteiger partial charge in [-0.15, -0.1) is 0 Å². The van der Waals surface area contributed by atoms with Crippen molar-refractivity contribution in [1.29, 1.82) is 0 Å². The summed E-state index contributed by atoms with van der Waals surface area (Å²) in [6, 6.07) is 13.5. The van der Waals surface area contributed by atoms with Crippen LogP contribution in [-0.4, -0.2) is 20.1 Å². The first-order chi connectivity index (χ1) is 10.0. The summed E-state index contributed by atoms with van der Waals surface area (Å²) in [7, 11) is -3.54. The van der Waals surface area contributed by atoms with Crippen LogP contribution < -0.4 is 4.72 Å². The summed E-state index contributed by atoms with van der Waals surface area (Å²) in [5.74, 6) is 0. The average Bonchev–Trinajstić information content (AvgIpc) is 2.47. The molecule has 0 unspecified atom stereocenters. The van der Waals surface area contributed by atoms with Crippen molar-refractivity contribution in [2.75, 3.05) is 6.61 Å². The number of benzene rings is 2. The summed E-state index contributed by atoms with van der Waals surface area (Å²) in [5, 5.41) is 9.34. The van der Waals surface area contributed by atoms with E-state index in [4.69, 9.17) is 16.7 Å². The lowest BCUT2D eigenvalue weighted by molar-refractivity contribution is 0.299. The number of sulfonamides is 1. The molecule has 0 aliphatic heterocycles. The van der Waals surface area contributed by atoms with Crippen LogP contribution in [0.15, 0.2) is 53.4 Å². The minimum absolute atomic E-state index is 0.0997. The Labute approximate surface area is 129 Å². The van der Waals surface area contributed by atoms with Gasteiger partial charge in [-0.05, 0) is 41.8 Å². The van der Waals surface area contributed by atoms with Crippen LogP contribution in [0.2, 0.25) is 5.02 Å². The van der Waals surface area contributed by atoms with Crippen molar-refractivity contribution < 1.29 is 13.5 Å². The molecule has 0 radical (unpaired) electrons. The van der Waals surface area contributed by atoms with Crippen molar-refractivity contribution in [3.63, 3.8) is 0 Å². The van der Waals surface area contributed by atoms with Crippen molar-refractivity contribution in [3.05, 3.63) is 64.7 Å². The van der Waals surface area contributed by atoms with Crippen LogP contribution in [-0.2, 0) is 23.0 Å². The third-order valence-corrected chi connectivity index (χ3v) is 4.68. The predicted octanol–water partition coefficient (Wildman–Crippen LogP) is 2.35. The van der Waals surface area contributed by atoms with Crippen LogP contribution in [0.3, 0.4) is 0 Å². The molecule has 0 bridgehead atoms. The van der Waals surface area contributed by atoms with E-state index in [0.29, 0.717) is 11.4 Å². The Kier molecular flexibility index (Phi) is 5.36. The SMILES string of the molecule is O=S(=O)(NCc1ccc(CCO)cc1)c1ccc(Cl)cc1. The van der Waals surface area contributed by atoms with E-state index in [1.165, 1.54) is 12.1 Å². The van der Waals surface area contributed by atoms with Gasteiger partial charge in [0.05, 0.1) is 4.90 Å². The fourth-order valence-electron chi connectivity index (χ4n) is 1.83. The lowest BCUT2D eigenvalue weighted by atomic mass is 10.1. The van der Waals surface area contributed by atoms with Gasteiger partial charge in [0.15, 0.2) is 0 Å². The standard InChI is InChI=1S/C15H16ClNO3S/c16-14-5-7-15(8-6-14)21(19,20)17-11-13-3-1-12(2-4-13)9-10-18/h1-8,17-18H,9-11H2. The second-order valence-electron chi connectivity index (χ2n) is 4.57. The van der Waals surface area contributed by atoms with Gasteiger partial charge in [-0.25, -0.2) is 13.1 Å². The summed E-state index contributed by atoms with van der Waals surface area (Å²) in [6.07, 6.45) is 0.594. The van der Waals surface area contributed by atoms with E-state index in [-0.39, 0.29) is 18.0 Å². The lowest BCUT2D eigenvalue weighted by Gasteiger charge is -2.07. The zero-order chi connectivity index (χ0) is 15.3. The first-order valence-corrected chi connectivity index (χ1v) is 8.31. The van der Waals surface area contributed by atoms with Gasteiger partial charge in [-0.3, -0.25) is 0 Å². The van der Waals surface area contributed by atoms with Gasteiger partial charge in [-0.2, -0.15) is 0 Å². The molecule has 4 nitrogen and oxygen atoms in total. The molecule has 2 rings (SSSR count). The highest BCUT2D eigenvalue weighted by molar-refractivity contribution is 7.89. The highest BCUT2D eigenvalue weighted by Gasteiger charge is 2.13. The molecule has 0 aromatic heterocycles. The smallest absolute Gasteiger partial charge is 0.240 e. The molecule has 2 N–H and O–H groups in total. The van der Waals surface area contributed by atoms with Gasteiger partial charge in [0.2, 0.25) is 10.0 Å². The Morgan fingerprint density at radius 2 is 1.52 bits per heavy atom. The van der Waals surface area contributed by atoms with Gasteiger partial charge in [0.25, 0.3) is 0 Å². The normalized spacial score (nSPS) is 11.5. The molecule has 0 amide bonds. The monoisotopic (exact) mass is 325 g/mol. The van der Waals surface area contributed by atoms with Crippen molar-refractivity contribution in [2.45, 2.75) is 17.9 Å². The zero-order valence-electron chi connectivity index (χ0n) is 11.3. The molecule has 0 saturated carbocycles. The average molecular weight is 326 g/mol. The molecular formula is C15H16ClNO3S. The van der Waals surface area contributed by atoms with Gasteiger partial charge < -0.3 is 5.11 Å². The van der Waals surface area contributed by atoms with E-state index in [0.717, 1.165) is 11.1 Å². The molecule has 2 aromatic carbocycles. The molecule has 6 heteroatoms. The molecule has 0 atom stereocenters. The molecule has 0 spiro atoms. The highest BCUT2D eigenvalue weighted by atomic mass is 35.5. The van der Waals surface area contributed by atoms with Crippen molar-refractivity contribution in [2.24, 2.45) is 0 Å². The van der Waals surface area contributed by atoms with Crippen LogP contribution in [0.25, 0.3) is 0 Å². The van der Waals surface area contributed by atoms with E-state index >= 15 is 0 Å². The van der Waals surface area contributed by atoms with E-state index in [9.17, 15) is 8.42 Å². The van der Waals surface area contributed by atoms with Crippen molar-refractivity contribution in [3.8, 4) is 0 Å². The second kappa shape index (κ2) is 7.04. The third kappa shape index (κ3) is 4.54. The summed E-state index contributed by atoms with van der Waals surface area (Å²) < 4.78 is 26.7. The fourth-order valence-corrected chi connectivity index (χ4v) is 2.97. The third-order valence-electron chi connectivity index (χ3n) is 3.01. The summed E-state index contributed by atoms with van der Waals surface area (Å²) in [4.78, 5) is 0.184. The van der Waals surface area contributed by atoms with Crippen LogP contribution in [0, 0.1) is 0 Å². The molecule has 112 valence electrons. The number of hydrogen-bond acceptors (Lipinski definition) is 3. The molecule has 0 aliphatic rings. The van der Waals surface area contributed by atoms with E-state index in [1.54, 1.807) is 12.1 Å².